The summed E-state index contributed by atoms with van der Waals surface area (Å²) in [7, 11) is 2.06. The van der Waals surface area contributed by atoms with E-state index in [4.69, 9.17) is 5.73 Å². The Morgan fingerprint density at radius 3 is 2.93 bits per heavy atom. The molecule has 0 aromatic carbocycles. The fourth-order valence-corrected chi connectivity index (χ4v) is 1.61. The molecular weight excluding hydrogens is 176 g/mol. The Balaban J connectivity index is 2.13. The Bertz CT molecular complexity index is 309. The molecule has 1 aromatic rings. The van der Waals surface area contributed by atoms with Crippen LogP contribution in [0.5, 0.6) is 0 Å². The monoisotopic (exact) mass is 192 g/mol. The normalized spacial score (nSPS) is 16.4. The van der Waals surface area contributed by atoms with Crippen molar-refractivity contribution < 1.29 is 0 Å². The van der Waals surface area contributed by atoms with Gasteiger partial charge in [-0.15, -0.1) is 0 Å². The lowest BCUT2D eigenvalue weighted by Gasteiger charge is -2.34. The second-order valence-electron chi connectivity index (χ2n) is 3.75. The van der Waals surface area contributed by atoms with Gasteiger partial charge in [0.15, 0.2) is 0 Å². The predicted molar refractivity (Wildman–Crippen MR) is 56.0 cm³/mol. The SMILES string of the molecule is CN(c1nccc(CN)n1)C1CCC1. The van der Waals surface area contributed by atoms with Crippen molar-refractivity contribution >= 4 is 5.95 Å². The van der Waals surface area contributed by atoms with E-state index in [9.17, 15) is 0 Å². The van der Waals surface area contributed by atoms with Crippen molar-refractivity contribution in [1.82, 2.24) is 9.97 Å². The van der Waals surface area contributed by atoms with Crippen LogP contribution < -0.4 is 10.6 Å². The molecule has 0 bridgehead atoms. The smallest absolute Gasteiger partial charge is 0.225 e. The lowest BCUT2D eigenvalue weighted by molar-refractivity contribution is 0.397. The first-order chi connectivity index (χ1) is 6.81. The molecule has 0 radical (unpaired) electrons. The molecule has 4 nitrogen and oxygen atoms in total. The number of anilines is 1. The first kappa shape index (κ1) is 9.40. The van der Waals surface area contributed by atoms with Gasteiger partial charge in [0, 0.05) is 25.8 Å². The van der Waals surface area contributed by atoms with Gasteiger partial charge >= 0.3 is 0 Å². The van der Waals surface area contributed by atoms with Gasteiger partial charge in [-0.25, -0.2) is 9.97 Å². The summed E-state index contributed by atoms with van der Waals surface area (Å²) in [6.07, 6.45) is 5.62. The summed E-state index contributed by atoms with van der Waals surface area (Å²) in [5, 5.41) is 0. The highest BCUT2D eigenvalue weighted by Crippen LogP contribution is 2.25. The zero-order valence-electron chi connectivity index (χ0n) is 8.48. The van der Waals surface area contributed by atoms with Gasteiger partial charge in [-0.2, -0.15) is 0 Å². The zero-order valence-corrected chi connectivity index (χ0v) is 8.48. The molecule has 1 aliphatic rings. The van der Waals surface area contributed by atoms with Crippen LogP contribution in [0.25, 0.3) is 0 Å². The molecule has 76 valence electrons. The molecule has 0 atom stereocenters. The fourth-order valence-electron chi connectivity index (χ4n) is 1.61. The van der Waals surface area contributed by atoms with Crippen LogP contribution in [0.2, 0.25) is 0 Å². The standard InChI is InChI=1S/C10H16N4/c1-14(9-3-2-4-9)10-12-6-5-8(7-11)13-10/h5-6,9H,2-4,7,11H2,1H3. The van der Waals surface area contributed by atoms with E-state index in [1.807, 2.05) is 6.07 Å². The zero-order chi connectivity index (χ0) is 9.97. The van der Waals surface area contributed by atoms with Gasteiger partial charge < -0.3 is 10.6 Å². The minimum Gasteiger partial charge on any atom is -0.341 e. The molecule has 0 unspecified atom stereocenters. The van der Waals surface area contributed by atoms with E-state index in [-0.39, 0.29) is 0 Å². The second kappa shape index (κ2) is 3.92. The molecule has 4 heteroatoms. The second-order valence-corrected chi connectivity index (χ2v) is 3.75. The summed E-state index contributed by atoms with van der Waals surface area (Å²) in [5.74, 6) is 0.803. The van der Waals surface area contributed by atoms with Crippen molar-refractivity contribution in [2.24, 2.45) is 5.73 Å². The van der Waals surface area contributed by atoms with Gasteiger partial charge in [0.2, 0.25) is 5.95 Å². The van der Waals surface area contributed by atoms with Crippen molar-refractivity contribution in [2.75, 3.05) is 11.9 Å². The summed E-state index contributed by atoms with van der Waals surface area (Å²) in [5.41, 5.74) is 6.44. The van der Waals surface area contributed by atoms with Crippen molar-refractivity contribution in [3.05, 3.63) is 18.0 Å². The van der Waals surface area contributed by atoms with Crippen LogP contribution in [0.15, 0.2) is 12.3 Å². The number of nitrogens with two attached hydrogens (primary N) is 1. The number of rotatable bonds is 3. The third-order valence-corrected chi connectivity index (χ3v) is 2.85. The Kier molecular flexibility index (Phi) is 2.63. The molecule has 14 heavy (non-hydrogen) atoms. The predicted octanol–water partition coefficient (Wildman–Crippen LogP) is 0.924. The Hall–Kier alpha value is -1.16. The molecule has 0 saturated heterocycles. The van der Waals surface area contributed by atoms with Crippen LogP contribution in [0, 0.1) is 0 Å². The average molecular weight is 192 g/mol. The maximum atomic E-state index is 5.53. The van der Waals surface area contributed by atoms with E-state index >= 15 is 0 Å². The number of aromatic nitrogens is 2. The molecule has 2 rings (SSSR count). The number of hydrogen-bond acceptors (Lipinski definition) is 4. The summed E-state index contributed by atoms with van der Waals surface area (Å²) >= 11 is 0. The third-order valence-electron chi connectivity index (χ3n) is 2.85. The molecule has 0 aliphatic heterocycles. The van der Waals surface area contributed by atoms with Gasteiger partial charge in [-0.1, -0.05) is 0 Å². The number of hydrogen-bond donors (Lipinski definition) is 1. The van der Waals surface area contributed by atoms with Crippen LogP contribution in [0.4, 0.5) is 5.95 Å². The molecular formula is C10H16N4. The van der Waals surface area contributed by atoms with E-state index in [1.54, 1.807) is 6.20 Å². The molecule has 0 amide bonds. The molecule has 2 N–H and O–H groups in total. The maximum Gasteiger partial charge on any atom is 0.225 e. The first-order valence-electron chi connectivity index (χ1n) is 5.06. The third kappa shape index (κ3) is 1.70. The van der Waals surface area contributed by atoms with Crippen LogP contribution >= 0.6 is 0 Å². The van der Waals surface area contributed by atoms with E-state index in [1.165, 1.54) is 19.3 Å². The highest BCUT2D eigenvalue weighted by molar-refractivity contribution is 5.31. The van der Waals surface area contributed by atoms with E-state index < -0.39 is 0 Å². The lowest BCUT2D eigenvalue weighted by atomic mass is 9.92. The van der Waals surface area contributed by atoms with E-state index in [0.29, 0.717) is 12.6 Å². The average Bonchev–Trinajstić information content (AvgIpc) is 2.15. The summed E-state index contributed by atoms with van der Waals surface area (Å²) in [6.45, 7) is 0.480. The van der Waals surface area contributed by atoms with Crippen molar-refractivity contribution in [3.8, 4) is 0 Å². The Morgan fingerprint density at radius 1 is 1.57 bits per heavy atom. The molecule has 1 fully saturated rings. The quantitative estimate of drug-likeness (QED) is 0.774. The van der Waals surface area contributed by atoms with Gasteiger partial charge in [0.05, 0.1) is 5.69 Å². The first-order valence-corrected chi connectivity index (χ1v) is 5.06. The van der Waals surface area contributed by atoms with Crippen molar-refractivity contribution in [1.29, 1.82) is 0 Å². The van der Waals surface area contributed by atoms with Crippen LogP contribution in [-0.2, 0) is 6.54 Å². The summed E-state index contributed by atoms with van der Waals surface area (Å²) < 4.78 is 0. The molecule has 1 saturated carbocycles. The molecule has 0 spiro atoms. The van der Waals surface area contributed by atoms with Gasteiger partial charge in [0.25, 0.3) is 0 Å². The van der Waals surface area contributed by atoms with Crippen LogP contribution in [0.3, 0.4) is 0 Å². The minimum atomic E-state index is 0.480. The highest BCUT2D eigenvalue weighted by atomic mass is 15.3. The van der Waals surface area contributed by atoms with Gasteiger partial charge in [0.1, 0.15) is 0 Å². The Morgan fingerprint density at radius 2 is 2.36 bits per heavy atom. The topological polar surface area (TPSA) is 55.0 Å². The highest BCUT2D eigenvalue weighted by Gasteiger charge is 2.23. The summed E-state index contributed by atoms with van der Waals surface area (Å²) in [6, 6.07) is 2.49. The maximum absolute atomic E-state index is 5.53. The Labute approximate surface area is 84.2 Å². The van der Waals surface area contributed by atoms with Crippen molar-refractivity contribution in [2.45, 2.75) is 31.8 Å². The van der Waals surface area contributed by atoms with E-state index in [0.717, 1.165) is 11.6 Å². The van der Waals surface area contributed by atoms with Crippen LogP contribution in [-0.4, -0.2) is 23.1 Å². The lowest BCUT2D eigenvalue weighted by Crippen LogP contribution is -2.38. The minimum absolute atomic E-state index is 0.480. The number of nitrogens with zero attached hydrogens (tertiary/aromatic N) is 3. The summed E-state index contributed by atoms with van der Waals surface area (Å²) in [4.78, 5) is 10.8. The molecule has 1 heterocycles. The largest absolute Gasteiger partial charge is 0.341 e. The van der Waals surface area contributed by atoms with Crippen LogP contribution in [0.1, 0.15) is 25.0 Å². The van der Waals surface area contributed by atoms with Gasteiger partial charge in [-0.05, 0) is 25.3 Å². The van der Waals surface area contributed by atoms with Crippen molar-refractivity contribution in [3.63, 3.8) is 0 Å². The van der Waals surface area contributed by atoms with Gasteiger partial charge in [-0.3, -0.25) is 0 Å². The van der Waals surface area contributed by atoms with E-state index in [2.05, 4.69) is 21.9 Å². The molecule has 1 aliphatic carbocycles. The fraction of sp³-hybridized carbons (Fsp3) is 0.600. The molecule has 1 aromatic heterocycles.